The average molecular weight is 205 g/mol. The first-order chi connectivity index (χ1) is 7.33. The summed E-state index contributed by atoms with van der Waals surface area (Å²) in [7, 11) is 2.11. The molecule has 2 N–H and O–H groups in total. The third-order valence-corrected chi connectivity index (χ3v) is 2.25. The van der Waals surface area contributed by atoms with E-state index in [0.29, 0.717) is 6.54 Å². The van der Waals surface area contributed by atoms with Crippen molar-refractivity contribution in [1.82, 2.24) is 9.88 Å². The molecule has 1 heterocycles. The molecule has 0 saturated carbocycles. The maximum absolute atomic E-state index is 5.37. The monoisotopic (exact) mass is 205 g/mol. The molecule has 3 heteroatoms. The molecule has 1 aromatic heterocycles. The molecule has 1 aromatic rings. The van der Waals surface area contributed by atoms with Crippen molar-refractivity contribution < 1.29 is 0 Å². The fourth-order valence-corrected chi connectivity index (χ4v) is 1.31. The van der Waals surface area contributed by atoms with Crippen LogP contribution in [0.15, 0.2) is 36.7 Å². The summed E-state index contributed by atoms with van der Waals surface area (Å²) in [5.41, 5.74) is 6.70. The number of pyridine rings is 1. The molecule has 15 heavy (non-hydrogen) atoms. The Kier molecular flexibility index (Phi) is 5.66. The van der Waals surface area contributed by atoms with Crippen LogP contribution in [-0.2, 0) is 6.42 Å². The molecule has 0 radical (unpaired) electrons. The van der Waals surface area contributed by atoms with E-state index in [1.165, 1.54) is 5.56 Å². The lowest BCUT2D eigenvalue weighted by Gasteiger charge is -2.13. The van der Waals surface area contributed by atoms with E-state index < -0.39 is 0 Å². The fraction of sp³-hybridized carbons (Fsp3) is 0.417. The average Bonchev–Trinajstić information content (AvgIpc) is 2.28. The van der Waals surface area contributed by atoms with Crippen LogP contribution in [0.2, 0.25) is 0 Å². The topological polar surface area (TPSA) is 42.1 Å². The normalized spacial score (nSPS) is 11.4. The van der Waals surface area contributed by atoms with Gasteiger partial charge in [-0.3, -0.25) is 4.98 Å². The minimum Gasteiger partial charge on any atom is -0.327 e. The van der Waals surface area contributed by atoms with Gasteiger partial charge in [-0.15, -0.1) is 0 Å². The van der Waals surface area contributed by atoms with Crippen molar-refractivity contribution in [3.05, 3.63) is 42.2 Å². The molecule has 0 bridgehead atoms. The van der Waals surface area contributed by atoms with Crippen LogP contribution in [-0.4, -0.2) is 36.6 Å². The highest BCUT2D eigenvalue weighted by atomic mass is 15.1. The van der Waals surface area contributed by atoms with Crippen LogP contribution in [0, 0.1) is 0 Å². The quantitative estimate of drug-likeness (QED) is 0.706. The first-order valence-corrected chi connectivity index (χ1v) is 5.25. The summed E-state index contributed by atoms with van der Waals surface area (Å²) in [4.78, 5) is 6.26. The summed E-state index contributed by atoms with van der Waals surface area (Å²) in [6.45, 7) is 2.64. The summed E-state index contributed by atoms with van der Waals surface area (Å²) in [5.74, 6) is 0. The van der Waals surface area contributed by atoms with Gasteiger partial charge in [0.1, 0.15) is 0 Å². The lowest BCUT2D eigenvalue weighted by atomic mass is 10.2. The number of aromatic nitrogens is 1. The Labute approximate surface area is 91.6 Å². The highest BCUT2D eigenvalue weighted by molar-refractivity contribution is 5.09. The number of nitrogens with two attached hydrogens (primary N) is 1. The van der Waals surface area contributed by atoms with Crippen molar-refractivity contribution in [1.29, 1.82) is 0 Å². The summed E-state index contributed by atoms with van der Waals surface area (Å²) in [5, 5.41) is 0. The second-order valence-corrected chi connectivity index (χ2v) is 3.57. The minimum atomic E-state index is 0.623. The molecule has 0 spiro atoms. The Hall–Kier alpha value is -1.19. The molecule has 1 rings (SSSR count). The molecule has 0 fully saturated rings. The van der Waals surface area contributed by atoms with Crippen LogP contribution in [0.5, 0.6) is 0 Å². The zero-order valence-corrected chi connectivity index (χ0v) is 9.26. The van der Waals surface area contributed by atoms with Gasteiger partial charge in [0, 0.05) is 32.0 Å². The Morgan fingerprint density at radius 2 is 2.07 bits per heavy atom. The highest BCUT2D eigenvalue weighted by Crippen LogP contribution is 1.98. The van der Waals surface area contributed by atoms with Crippen molar-refractivity contribution in [2.75, 3.05) is 26.7 Å². The van der Waals surface area contributed by atoms with Gasteiger partial charge in [0.05, 0.1) is 0 Å². The molecule has 0 amide bonds. The third kappa shape index (κ3) is 5.30. The number of rotatable bonds is 6. The van der Waals surface area contributed by atoms with Gasteiger partial charge in [-0.2, -0.15) is 0 Å². The predicted molar refractivity (Wildman–Crippen MR) is 63.6 cm³/mol. The van der Waals surface area contributed by atoms with E-state index >= 15 is 0 Å². The van der Waals surface area contributed by atoms with Gasteiger partial charge < -0.3 is 10.6 Å². The van der Waals surface area contributed by atoms with Gasteiger partial charge in [-0.25, -0.2) is 0 Å². The van der Waals surface area contributed by atoms with Gasteiger partial charge in [0.25, 0.3) is 0 Å². The van der Waals surface area contributed by atoms with Gasteiger partial charge in [-0.05, 0) is 31.2 Å². The number of hydrogen-bond acceptors (Lipinski definition) is 3. The van der Waals surface area contributed by atoms with Crippen molar-refractivity contribution >= 4 is 0 Å². The standard InChI is InChI=1S/C12H19N3/c1-15(10-3-2-7-13)11-6-12-4-8-14-9-5-12/h2-5,8-9H,6-7,10-11,13H2,1H3. The van der Waals surface area contributed by atoms with Gasteiger partial charge in [0.2, 0.25) is 0 Å². The Morgan fingerprint density at radius 1 is 1.33 bits per heavy atom. The molecule has 3 nitrogen and oxygen atoms in total. The summed E-state index contributed by atoms with van der Waals surface area (Å²) in [6.07, 6.45) is 8.83. The smallest absolute Gasteiger partial charge is 0.0270 e. The summed E-state index contributed by atoms with van der Waals surface area (Å²) < 4.78 is 0. The summed E-state index contributed by atoms with van der Waals surface area (Å²) >= 11 is 0. The fourth-order valence-electron chi connectivity index (χ4n) is 1.31. The molecule has 82 valence electrons. The molecule has 0 aromatic carbocycles. The number of hydrogen-bond donors (Lipinski definition) is 1. The molecular weight excluding hydrogens is 186 g/mol. The Bertz CT molecular complexity index is 282. The van der Waals surface area contributed by atoms with Crippen LogP contribution >= 0.6 is 0 Å². The highest BCUT2D eigenvalue weighted by Gasteiger charge is 1.96. The van der Waals surface area contributed by atoms with Crippen molar-refractivity contribution in [3.8, 4) is 0 Å². The molecule has 0 aliphatic rings. The maximum Gasteiger partial charge on any atom is 0.0270 e. The molecule has 0 saturated heterocycles. The first-order valence-electron chi connectivity index (χ1n) is 5.25. The van der Waals surface area contributed by atoms with Crippen LogP contribution < -0.4 is 5.73 Å². The molecule has 0 aliphatic carbocycles. The number of nitrogens with zero attached hydrogens (tertiary/aromatic N) is 2. The predicted octanol–water partition coefficient (Wildman–Crippen LogP) is 1.07. The van der Waals surface area contributed by atoms with E-state index in [4.69, 9.17) is 5.73 Å². The van der Waals surface area contributed by atoms with Gasteiger partial charge in [-0.1, -0.05) is 12.2 Å². The first kappa shape index (κ1) is 11.9. The van der Waals surface area contributed by atoms with E-state index in [0.717, 1.165) is 19.5 Å². The second-order valence-electron chi connectivity index (χ2n) is 3.57. The van der Waals surface area contributed by atoms with Crippen LogP contribution in [0.1, 0.15) is 5.56 Å². The lowest BCUT2D eigenvalue weighted by molar-refractivity contribution is 0.375. The zero-order valence-electron chi connectivity index (χ0n) is 9.26. The van der Waals surface area contributed by atoms with E-state index in [1.807, 2.05) is 18.5 Å². The molecular formula is C12H19N3. The van der Waals surface area contributed by atoms with Crippen molar-refractivity contribution in [2.24, 2.45) is 5.73 Å². The van der Waals surface area contributed by atoms with Crippen LogP contribution in [0.25, 0.3) is 0 Å². The molecule has 0 aliphatic heterocycles. The SMILES string of the molecule is CN(CC=CCN)CCc1ccncc1. The zero-order chi connectivity index (χ0) is 10.9. The van der Waals surface area contributed by atoms with Crippen molar-refractivity contribution in [3.63, 3.8) is 0 Å². The van der Waals surface area contributed by atoms with Gasteiger partial charge >= 0.3 is 0 Å². The number of likely N-dealkylation sites (N-methyl/N-ethyl adjacent to an activating group) is 1. The van der Waals surface area contributed by atoms with E-state index in [-0.39, 0.29) is 0 Å². The van der Waals surface area contributed by atoms with E-state index in [9.17, 15) is 0 Å². The van der Waals surface area contributed by atoms with E-state index in [2.05, 4.69) is 35.1 Å². The van der Waals surface area contributed by atoms with E-state index in [1.54, 1.807) is 0 Å². The Balaban J connectivity index is 2.22. The maximum atomic E-state index is 5.37. The minimum absolute atomic E-state index is 0.623. The summed E-state index contributed by atoms with van der Waals surface area (Å²) in [6, 6.07) is 4.12. The third-order valence-electron chi connectivity index (χ3n) is 2.25. The second kappa shape index (κ2) is 7.15. The van der Waals surface area contributed by atoms with Gasteiger partial charge in [0.15, 0.2) is 0 Å². The molecule has 0 unspecified atom stereocenters. The largest absolute Gasteiger partial charge is 0.327 e. The Morgan fingerprint density at radius 3 is 2.73 bits per heavy atom. The lowest BCUT2D eigenvalue weighted by Crippen LogP contribution is -2.21. The van der Waals surface area contributed by atoms with Crippen molar-refractivity contribution in [2.45, 2.75) is 6.42 Å². The van der Waals surface area contributed by atoms with Crippen LogP contribution in [0.3, 0.4) is 0 Å². The molecule has 0 atom stereocenters. The van der Waals surface area contributed by atoms with Crippen LogP contribution in [0.4, 0.5) is 0 Å².